The lowest BCUT2D eigenvalue weighted by Crippen LogP contribution is -2.46. The van der Waals surface area contributed by atoms with Gasteiger partial charge in [-0.25, -0.2) is 4.98 Å². The number of nitrogens with zero attached hydrogens (tertiary/aromatic N) is 3. The SMILES string of the molecule is COc1nccc(CN2CCCC(C)(OC)C2)n1. The second kappa shape index (κ2) is 5.63. The molecule has 1 unspecified atom stereocenters. The van der Waals surface area contributed by atoms with Gasteiger partial charge in [0.2, 0.25) is 0 Å². The van der Waals surface area contributed by atoms with Gasteiger partial charge in [-0.15, -0.1) is 0 Å². The van der Waals surface area contributed by atoms with Gasteiger partial charge in [0, 0.05) is 26.4 Å². The molecule has 1 fully saturated rings. The van der Waals surface area contributed by atoms with Crippen LogP contribution < -0.4 is 4.74 Å². The molecule has 0 bridgehead atoms. The Morgan fingerprint density at radius 1 is 1.44 bits per heavy atom. The van der Waals surface area contributed by atoms with E-state index in [0.717, 1.165) is 38.2 Å². The third-order valence-corrected chi connectivity index (χ3v) is 3.49. The Labute approximate surface area is 108 Å². The summed E-state index contributed by atoms with van der Waals surface area (Å²) in [5, 5.41) is 0. The summed E-state index contributed by atoms with van der Waals surface area (Å²) in [4.78, 5) is 10.7. The molecular formula is C13H21N3O2. The van der Waals surface area contributed by atoms with Crippen LogP contribution in [0.1, 0.15) is 25.5 Å². The standard InChI is InChI=1S/C13H21N3O2/c1-13(18-3)6-4-8-16(10-13)9-11-5-7-14-12(15-11)17-2/h5,7H,4,6,8-10H2,1-3H3. The molecule has 2 rings (SSSR count). The summed E-state index contributed by atoms with van der Waals surface area (Å²) in [6.07, 6.45) is 4.01. The lowest BCUT2D eigenvalue weighted by atomic mass is 9.95. The van der Waals surface area contributed by atoms with Crippen LogP contribution >= 0.6 is 0 Å². The van der Waals surface area contributed by atoms with Gasteiger partial charge in [0.25, 0.3) is 0 Å². The minimum atomic E-state index is -0.0324. The molecule has 1 saturated heterocycles. The fourth-order valence-corrected chi connectivity index (χ4v) is 2.40. The summed E-state index contributed by atoms with van der Waals surface area (Å²) in [6.45, 7) is 5.01. The third-order valence-electron chi connectivity index (χ3n) is 3.49. The fourth-order valence-electron chi connectivity index (χ4n) is 2.40. The molecule has 5 heteroatoms. The number of hydrogen-bond donors (Lipinski definition) is 0. The Bertz CT molecular complexity index is 400. The molecule has 1 atom stereocenters. The predicted molar refractivity (Wildman–Crippen MR) is 68.5 cm³/mol. The van der Waals surface area contributed by atoms with Crippen LogP contribution in [-0.2, 0) is 11.3 Å². The van der Waals surface area contributed by atoms with Gasteiger partial charge in [0.1, 0.15) is 0 Å². The van der Waals surface area contributed by atoms with E-state index in [1.165, 1.54) is 0 Å². The van der Waals surface area contributed by atoms with Gasteiger partial charge in [-0.1, -0.05) is 0 Å². The highest BCUT2D eigenvalue weighted by Crippen LogP contribution is 2.24. The van der Waals surface area contributed by atoms with Crippen LogP contribution in [0.5, 0.6) is 6.01 Å². The van der Waals surface area contributed by atoms with Crippen molar-refractivity contribution in [3.63, 3.8) is 0 Å². The van der Waals surface area contributed by atoms with Crippen LogP contribution in [0.4, 0.5) is 0 Å². The molecule has 0 aromatic carbocycles. The number of rotatable bonds is 4. The van der Waals surface area contributed by atoms with Gasteiger partial charge >= 0.3 is 6.01 Å². The fraction of sp³-hybridized carbons (Fsp3) is 0.692. The van der Waals surface area contributed by atoms with E-state index in [2.05, 4.69) is 21.8 Å². The first-order chi connectivity index (χ1) is 8.65. The first kappa shape index (κ1) is 13.2. The Hall–Kier alpha value is -1.20. The van der Waals surface area contributed by atoms with Gasteiger partial charge in [0.15, 0.2) is 0 Å². The molecule has 0 radical (unpaired) electrons. The van der Waals surface area contributed by atoms with E-state index in [1.54, 1.807) is 20.4 Å². The van der Waals surface area contributed by atoms with Crippen LogP contribution in [0.3, 0.4) is 0 Å². The number of piperidine rings is 1. The largest absolute Gasteiger partial charge is 0.467 e. The molecule has 5 nitrogen and oxygen atoms in total. The molecule has 0 spiro atoms. The van der Waals surface area contributed by atoms with Crippen molar-refractivity contribution in [3.8, 4) is 6.01 Å². The maximum absolute atomic E-state index is 5.59. The molecule has 100 valence electrons. The minimum absolute atomic E-state index is 0.0324. The third kappa shape index (κ3) is 3.17. The average molecular weight is 251 g/mol. The van der Waals surface area contributed by atoms with Crippen molar-refractivity contribution >= 4 is 0 Å². The number of aromatic nitrogens is 2. The summed E-state index contributed by atoms with van der Waals surface area (Å²) >= 11 is 0. The molecule has 2 heterocycles. The Morgan fingerprint density at radius 2 is 2.28 bits per heavy atom. The normalized spacial score (nSPS) is 25.1. The van der Waals surface area contributed by atoms with Crippen molar-refractivity contribution in [2.24, 2.45) is 0 Å². The zero-order valence-electron chi connectivity index (χ0n) is 11.3. The molecule has 18 heavy (non-hydrogen) atoms. The van der Waals surface area contributed by atoms with Crippen molar-refractivity contribution in [2.75, 3.05) is 27.3 Å². The smallest absolute Gasteiger partial charge is 0.316 e. The summed E-state index contributed by atoms with van der Waals surface area (Å²) in [5.41, 5.74) is 0.956. The number of ether oxygens (including phenoxy) is 2. The monoisotopic (exact) mass is 251 g/mol. The Balaban J connectivity index is 2.00. The Morgan fingerprint density at radius 3 is 3.00 bits per heavy atom. The van der Waals surface area contributed by atoms with E-state index in [-0.39, 0.29) is 5.60 Å². The van der Waals surface area contributed by atoms with E-state index in [1.807, 2.05) is 6.07 Å². The van der Waals surface area contributed by atoms with Crippen LogP contribution in [0.2, 0.25) is 0 Å². The van der Waals surface area contributed by atoms with E-state index >= 15 is 0 Å². The number of hydrogen-bond acceptors (Lipinski definition) is 5. The first-order valence-corrected chi connectivity index (χ1v) is 6.29. The minimum Gasteiger partial charge on any atom is -0.467 e. The van der Waals surface area contributed by atoms with E-state index in [9.17, 15) is 0 Å². The van der Waals surface area contributed by atoms with Crippen LogP contribution in [-0.4, -0.2) is 47.8 Å². The second-order valence-corrected chi connectivity index (χ2v) is 5.00. The molecule has 1 aliphatic rings. The van der Waals surface area contributed by atoms with Gasteiger partial charge in [-0.05, 0) is 32.4 Å². The zero-order valence-corrected chi connectivity index (χ0v) is 11.3. The maximum atomic E-state index is 5.59. The highest BCUT2D eigenvalue weighted by molar-refractivity contribution is 5.05. The molecular weight excluding hydrogens is 230 g/mol. The molecule has 0 saturated carbocycles. The number of likely N-dealkylation sites (tertiary alicyclic amines) is 1. The van der Waals surface area contributed by atoms with E-state index in [0.29, 0.717) is 6.01 Å². The van der Waals surface area contributed by atoms with Crippen LogP contribution in [0.25, 0.3) is 0 Å². The molecule has 0 amide bonds. The quantitative estimate of drug-likeness (QED) is 0.811. The second-order valence-electron chi connectivity index (χ2n) is 5.00. The van der Waals surface area contributed by atoms with E-state index in [4.69, 9.17) is 9.47 Å². The topological polar surface area (TPSA) is 47.5 Å². The highest BCUT2D eigenvalue weighted by Gasteiger charge is 2.30. The number of methoxy groups -OCH3 is 2. The lowest BCUT2D eigenvalue weighted by Gasteiger charge is -2.39. The lowest BCUT2D eigenvalue weighted by molar-refractivity contribution is -0.0529. The van der Waals surface area contributed by atoms with Gasteiger partial charge < -0.3 is 9.47 Å². The average Bonchev–Trinajstić information content (AvgIpc) is 2.39. The highest BCUT2D eigenvalue weighted by atomic mass is 16.5. The van der Waals surface area contributed by atoms with Gasteiger partial charge in [-0.2, -0.15) is 4.98 Å². The van der Waals surface area contributed by atoms with Crippen molar-refractivity contribution in [3.05, 3.63) is 18.0 Å². The summed E-state index contributed by atoms with van der Waals surface area (Å²) in [7, 11) is 3.37. The maximum Gasteiger partial charge on any atom is 0.316 e. The molecule has 0 aliphatic carbocycles. The van der Waals surface area contributed by atoms with E-state index < -0.39 is 0 Å². The van der Waals surface area contributed by atoms with Gasteiger partial charge in [0.05, 0.1) is 18.4 Å². The van der Waals surface area contributed by atoms with Crippen molar-refractivity contribution < 1.29 is 9.47 Å². The van der Waals surface area contributed by atoms with Crippen molar-refractivity contribution in [1.82, 2.24) is 14.9 Å². The van der Waals surface area contributed by atoms with Crippen LogP contribution in [0, 0.1) is 0 Å². The first-order valence-electron chi connectivity index (χ1n) is 6.29. The van der Waals surface area contributed by atoms with Crippen LogP contribution in [0.15, 0.2) is 12.3 Å². The summed E-state index contributed by atoms with van der Waals surface area (Å²) < 4.78 is 10.6. The molecule has 0 N–H and O–H groups in total. The Kier molecular flexibility index (Phi) is 4.14. The summed E-state index contributed by atoms with van der Waals surface area (Å²) in [5.74, 6) is 0. The van der Waals surface area contributed by atoms with Crippen molar-refractivity contribution in [2.45, 2.75) is 31.9 Å². The summed E-state index contributed by atoms with van der Waals surface area (Å²) in [6, 6.07) is 2.36. The zero-order chi connectivity index (χ0) is 13.0. The molecule has 1 aromatic rings. The molecule has 1 aromatic heterocycles. The van der Waals surface area contributed by atoms with Crippen molar-refractivity contribution in [1.29, 1.82) is 0 Å². The molecule has 1 aliphatic heterocycles. The van der Waals surface area contributed by atoms with Gasteiger partial charge in [-0.3, -0.25) is 4.90 Å². The predicted octanol–water partition coefficient (Wildman–Crippen LogP) is 1.49.